The highest BCUT2D eigenvalue weighted by Gasteiger charge is 2.31. The van der Waals surface area contributed by atoms with Gasteiger partial charge in [0.1, 0.15) is 5.82 Å². The van der Waals surface area contributed by atoms with Gasteiger partial charge in [-0.05, 0) is 44.5 Å². The van der Waals surface area contributed by atoms with E-state index in [1.54, 1.807) is 12.1 Å². The maximum atomic E-state index is 13.2. The van der Waals surface area contributed by atoms with Crippen LogP contribution in [0.15, 0.2) is 24.3 Å². The monoisotopic (exact) mass is 434 g/mol. The molecule has 2 atom stereocenters. The smallest absolute Gasteiger partial charge is 0.241 e. The van der Waals surface area contributed by atoms with Crippen molar-refractivity contribution in [3.63, 3.8) is 0 Å². The van der Waals surface area contributed by atoms with Crippen LogP contribution in [0.3, 0.4) is 0 Å². The van der Waals surface area contributed by atoms with Crippen molar-refractivity contribution in [2.24, 2.45) is 5.92 Å². The predicted octanol–water partition coefficient (Wildman–Crippen LogP) is 2.14. The number of anilines is 1. The summed E-state index contributed by atoms with van der Waals surface area (Å²) in [6.45, 7) is 6.24. The topological polar surface area (TPSA) is 64.7 Å². The molecule has 158 valence electrons. The lowest BCUT2D eigenvalue weighted by atomic mass is 9.98. The van der Waals surface area contributed by atoms with Crippen LogP contribution in [0.1, 0.15) is 19.8 Å². The minimum absolute atomic E-state index is 0. The van der Waals surface area contributed by atoms with E-state index < -0.39 is 0 Å². The molecule has 6 nitrogen and oxygen atoms in total. The molecule has 2 fully saturated rings. The van der Waals surface area contributed by atoms with Crippen molar-refractivity contribution in [2.45, 2.75) is 25.8 Å². The molecule has 0 aliphatic carbocycles. The third-order valence-corrected chi connectivity index (χ3v) is 5.29. The molecule has 2 saturated heterocycles. The van der Waals surface area contributed by atoms with Crippen molar-refractivity contribution in [3.05, 3.63) is 30.1 Å². The van der Waals surface area contributed by atoms with Gasteiger partial charge in [0.2, 0.25) is 11.8 Å². The number of carbonyl (C=O) groups is 2. The lowest BCUT2D eigenvalue weighted by Gasteiger charge is -2.39. The van der Waals surface area contributed by atoms with Gasteiger partial charge in [-0.1, -0.05) is 6.07 Å². The fourth-order valence-corrected chi connectivity index (χ4v) is 3.63. The molecule has 28 heavy (non-hydrogen) atoms. The number of carbonyl (C=O) groups excluding carboxylic acids is 2. The second-order valence-electron chi connectivity index (χ2n) is 7.08. The zero-order valence-electron chi connectivity index (χ0n) is 16.0. The average molecular weight is 435 g/mol. The molecule has 2 unspecified atom stereocenters. The van der Waals surface area contributed by atoms with Gasteiger partial charge in [-0.2, -0.15) is 0 Å². The Balaban J connectivity index is 0.00000196. The first-order chi connectivity index (χ1) is 12.5. The largest absolute Gasteiger partial charge is 0.340 e. The molecule has 0 bridgehead atoms. The lowest BCUT2D eigenvalue weighted by molar-refractivity contribution is -0.138. The highest BCUT2D eigenvalue weighted by atomic mass is 35.5. The number of benzene rings is 1. The Morgan fingerprint density at radius 3 is 2.54 bits per heavy atom. The minimum atomic E-state index is -0.375. The number of nitrogens with zero attached hydrogens (tertiary/aromatic N) is 2. The van der Waals surface area contributed by atoms with Crippen LogP contribution in [0.4, 0.5) is 10.1 Å². The third-order valence-electron chi connectivity index (χ3n) is 5.29. The van der Waals surface area contributed by atoms with Gasteiger partial charge in [0.25, 0.3) is 0 Å². The summed E-state index contributed by atoms with van der Waals surface area (Å²) in [6, 6.07) is 5.56. The molecule has 0 spiro atoms. The Hall–Kier alpha value is -1.41. The summed E-state index contributed by atoms with van der Waals surface area (Å²) < 4.78 is 13.2. The van der Waals surface area contributed by atoms with Crippen molar-refractivity contribution in [3.8, 4) is 0 Å². The summed E-state index contributed by atoms with van der Waals surface area (Å²) in [4.78, 5) is 29.0. The number of halogens is 3. The van der Waals surface area contributed by atoms with E-state index in [1.165, 1.54) is 12.1 Å². The summed E-state index contributed by atoms with van der Waals surface area (Å²) in [6.07, 6.45) is 2.01. The van der Waals surface area contributed by atoms with E-state index in [-0.39, 0.29) is 54.4 Å². The standard InChI is InChI=1S/C19H27FN4O2.2ClH/c1-14(18(25)22-17-6-2-5-16(20)12-17)23-8-10-24(11-9-23)19(26)15-4-3-7-21-13-15;;/h2,5-6,12,14-15,21H,3-4,7-11,13H2,1H3,(H,22,25);2*1H. The Morgan fingerprint density at radius 2 is 1.93 bits per heavy atom. The van der Waals surface area contributed by atoms with Crippen molar-refractivity contribution in [1.29, 1.82) is 0 Å². The number of amides is 2. The molecule has 1 aromatic carbocycles. The Bertz CT molecular complexity index is 651. The molecular weight excluding hydrogens is 406 g/mol. The molecule has 2 aliphatic rings. The molecule has 2 amide bonds. The highest BCUT2D eigenvalue weighted by molar-refractivity contribution is 5.94. The maximum Gasteiger partial charge on any atom is 0.241 e. The number of hydrogen-bond donors (Lipinski definition) is 2. The van der Waals surface area contributed by atoms with Crippen LogP contribution in [0.5, 0.6) is 0 Å². The van der Waals surface area contributed by atoms with E-state index in [0.29, 0.717) is 31.9 Å². The zero-order chi connectivity index (χ0) is 18.5. The van der Waals surface area contributed by atoms with Gasteiger partial charge in [-0.25, -0.2) is 4.39 Å². The van der Waals surface area contributed by atoms with Gasteiger partial charge in [-0.15, -0.1) is 24.8 Å². The van der Waals surface area contributed by atoms with Crippen LogP contribution in [-0.4, -0.2) is 66.9 Å². The van der Waals surface area contributed by atoms with Crippen LogP contribution in [0.25, 0.3) is 0 Å². The lowest BCUT2D eigenvalue weighted by Crippen LogP contribution is -2.55. The fraction of sp³-hybridized carbons (Fsp3) is 0.579. The average Bonchev–Trinajstić information content (AvgIpc) is 2.67. The number of rotatable bonds is 4. The molecule has 3 rings (SSSR count). The summed E-state index contributed by atoms with van der Waals surface area (Å²) in [5.74, 6) is -0.218. The van der Waals surface area contributed by atoms with Crippen molar-refractivity contribution in [2.75, 3.05) is 44.6 Å². The second kappa shape index (κ2) is 11.6. The van der Waals surface area contributed by atoms with E-state index >= 15 is 0 Å². The van der Waals surface area contributed by atoms with Gasteiger partial charge in [0.15, 0.2) is 0 Å². The van der Waals surface area contributed by atoms with E-state index in [2.05, 4.69) is 15.5 Å². The Kier molecular flexibility index (Phi) is 10.2. The first-order valence-electron chi connectivity index (χ1n) is 9.34. The molecule has 0 radical (unpaired) electrons. The first-order valence-corrected chi connectivity index (χ1v) is 9.34. The number of piperidine rings is 1. The van der Waals surface area contributed by atoms with Gasteiger partial charge >= 0.3 is 0 Å². The maximum absolute atomic E-state index is 13.2. The van der Waals surface area contributed by atoms with Crippen LogP contribution in [0.2, 0.25) is 0 Å². The quantitative estimate of drug-likeness (QED) is 0.761. The number of hydrogen-bond acceptors (Lipinski definition) is 4. The van der Waals surface area contributed by atoms with Crippen LogP contribution < -0.4 is 10.6 Å². The molecular formula is C19H29Cl2FN4O2. The van der Waals surface area contributed by atoms with E-state index in [1.807, 2.05) is 11.8 Å². The second-order valence-corrected chi connectivity index (χ2v) is 7.08. The molecule has 2 aliphatic heterocycles. The van der Waals surface area contributed by atoms with Crippen LogP contribution in [-0.2, 0) is 9.59 Å². The Morgan fingerprint density at radius 1 is 1.21 bits per heavy atom. The van der Waals surface area contributed by atoms with E-state index in [9.17, 15) is 14.0 Å². The SMILES string of the molecule is CC(C(=O)Nc1cccc(F)c1)N1CCN(C(=O)C2CCCNC2)CC1.Cl.Cl. The van der Waals surface area contributed by atoms with Gasteiger partial charge in [-0.3, -0.25) is 14.5 Å². The summed E-state index contributed by atoms with van der Waals surface area (Å²) in [7, 11) is 0. The minimum Gasteiger partial charge on any atom is -0.340 e. The van der Waals surface area contributed by atoms with Crippen LogP contribution >= 0.6 is 24.8 Å². The summed E-state index contributed by atoms with van der Waals surface area (Å²) >= 11 is 0. The molecule has 2 heterocycles. The molecule has 1 aromatic rings. The van der Waals surface area contributed by atoms with Crippen molar-refractivity contribution < 1.29 is 14.0 Å². The van der Waals surface area contributed by atoms with Gasteiger partial charge < -0.3 is 15.5 Å². The van der Waals surface area contributed by atoms with Crippen molar-refractivity contribution >= 4 is 42.3 Å². The number of piperazine rings is 1. The first kappa shape index (κ1) is 24.6. The van der Waals surface area contributed by atoms with Crippen molar-refractivity contribution in [1.82, 2.24) is 15.1 Å². The molecule has 0 aromatic heterocycles. The molecule has 2 N–H and O–H groups in total. The third kappa shape index (κ3) is 6.30. The summed E-state index contributed by atoms with van der Waals surface area (Å²) in [5.41, 5.74) is 0.459. The van der Waals surface area contributed by atoms with Crippen LogP contribution in [0, 0.1) is 11.7 Å². The predicted molar refractivity (Wildman–Crippen MR) is 113 cm³/mol. The van der Waals surface area contributed by atoms with E-state index in [0.717, 1.165) is 25.9 Å². The summed E-state index contributed by atoms with van der Waals surface area (Å²) in [5, 5.41) is 6.04. The molecule has 0 saturated carbocycles. The zero-order valence-corrected chi connectivity index (χ0v) is 17.7. The highest BCUT2D eigenvalue weighted by Crippen LogP contribution is 2.17. The van der Waals surface area contributed by atoms with Gasteiger partial charge in [0.05, 0.1) is 12.0 Å². The normalized spacial score (nSPS) is 21.1. The van der Waals surface area contributed by atoms with Gasteiger partial charge in [0, 0.05) is 38.4 Å². The Labute approximate surface area is 178 Å². The number of nitrogens with one attached hydrogen (secondary N) is 2. The fourth-order valence-electron chi connectivity index (χ4n) is 3.63. The van der Waals surface area contributed by atoms with E-state index in [4.69, 9.17) is 0 Å². The molecule has 9 heteroatoms.